The largest absolute Gasteiger partial charge is 0.394 e. The number of hydrazone groups is 1. The second kappa shape index (κ2) is 9.09. The molecule has 7 N–H and O–H groups in total. The van der Waals surface area contributed by atoms with Gasteiger partial charge in [-0.2, -0.15) is 5.10 Å². The third-order valence-corrected chi connectivity index (χ3v) is 5.38. The number of aromatic nitrogens is 2. The summed E-state index contributed by atoms with van der Waals surface area (Å²) < 4.78 is 22.7. The molecule has 2 aromatic carbocycles. The minimum Gasteiger partial charge on any atom is -0.394 e. The number of rotatable bonds is 7. The van der Waals surface area contributed by atoms with Crippen molar-refractivity contribution >= 4 is 44.1 Å². The van der Waals surface area contributed by atoms with Crippen LogP contribution in [0.25, 0.3) is 11.0 Å². The van der Waals surface area contributed by atoms with Gasteiger partial charge < -0.3 is 20.3 Å². The number of nitrogens with zero attached hydrogens (tertiary/aromatic N) is 2. The van der Waals surface area contributed by atoms with Crippen LogP contribution in [0.3, 0.4) is 0 Å². The summed E-state index contributed by atoms with van der Waals surface area (Å²) in [5.41, 5.74) is 2.15. The fourth-order valence-corrected chi connectivity index (χ4v) is 3.30. The van der Waals surface area contributed by atoms with Crippen molar-refractivity contribution in [3.63, 3.8) is 0 Å². The van der Waals surface area contributed by atoms with Crippen LogP contribution in [0.5, 0.6) is 0 Å². The van der Waals surface area contributed by atoms with Gasteiger partial charge in [0.2, 0.25) is 10.0 Å². The van der Waals surface area contributed by atoms with Crippen molar-refractivity contribution < 1.29 is 23.7 Å². The molecule has 11 nitrogen and oxygen atoms in total. The normalized spacial score (nSPS) is 14.4. The smallest absolute Gasteiger partial charge is 0.276 e. The van der Waals surface area contributed by atoms with Gasteiger partial charge in [-0.25, -0.2) is 18.5 Å². The topological polar surface area (TPSA) is 191 Å². The number of hydrogen-bond acceptors (Lipinski definition) is 9. The highest BCUT2D eigenvalue weighted by Gasteiger charge is 2.27. The highest BCUT2D eigenvalue weighted by molar-refractivity contribution is 7.89. The zero-order valence-electron chi connectivity index (χ0n) is 15.7. The number of nitrogens with one attached hydrogen (secondary N) is 2. The predicted molar refractivity (Wildman–Crippen MR) is 114 cm³/mol. The van der Waals surface area contributed by atoms with Gasteiger partial charge in [-0.05, 0) is 42.5 Å². The number of nitrogens with two attached hydrogens (primary N) is 1. The molecule has 1 aromatic heterocycles. The van der Waals surface area contributed by atoms with E-state index in [-0.39, 0.29) is 22.0 Å². The van der Waals surface area contributed by atoms with Crippen LogP contribution < -0.4 is 16.1 Å². The molecule has 0 bridgehead atoms. The van der Waals surface area contributed by atoms with E-state index in [1.165, 1.54) is 30.3 Å². The molecule has 0 saturated heterocycles. The average molecular weight is 468 g/mol. The molecule has 164 valence electrons. The van der Waals surface area contributed by atoms with Crippen LogP contribution in [0.15, 0.2) is 57.3 Å². The number of primary sulfonamides is 1. The maximum absolute atomic E-state index is 12.5. The predicted octanol–water partition coefficient (Wildman–Crippen LogP) is -0.246. The zero-order chi connectivity index (χ0) is 22.8. The monoisotopic (exact) mass is 467 g/mol. The van der Waals surface area contributed by atoms with Crippen molar-refractivity contribution in [2.45, 2.75) is 17.1 Å². The van der Waals surface area contributed by atoms with Crippen LogP contribution in [0.4, 0.5) is 5.69 Å². The Balaban J connectivity index is 2.05. The van der Waals surface area contributed by atoms with Crippen molar-refractivity contribution in [1.29, 1.82) is 0 Å². The summed E-state index contributed by atoms with van der Waals surface area (Å²) in [6.07, 6.45) is -3.42. The first kappa shape index (κ1) is 22.8. The molecule has 2 atom stereocenters. The molecule has 0 saturated carbocycles. The van der Waals surface area contributed by atoms with Crippen molar-refractivity contribution in [3.8, 4) is 0 Å². The number of aliphatic hydroxyl groups is 3. The Morgan fingerprint density at radius 2 is 1.90 bits per heavy atom. The third-order valence-electron chi connectivity index (χ3n) is 4.22. The van der Waals surface area contributed by atoms with Gasteiger partial charge in [0.25, 0.3) is 5.56 Å². The van der Waals surface area contributed by atoms with Gasteiger partial charge in [-0.1, -0.05) is 11.6 Å². The SMILES string of the molecule is NS(=O)(=O)c1ccc(NN=C(c2nc3cc(Cl)ccc3[nH]c2=O)C(O)C(O)CO)cc1. The third kappa shape index (κ3) is 5.25. The summed E-state index contributed by atoms with van der Waals surface area (Å²) in [5, 5.41) is 38.9. The number of fused-ring (bicyclic) bond motifs is 1. The van der Waals surface area contributed by atoms with Crippen LogP contribution in [-0.4, -0.2) is 58.2 Å². The number of halogens is 1. The number of H-pyrrole nitrogens is 1. The summed E-state index contributed by atoms with van der Waals surface area (Å²) in [7, 11) is -3.88. The van der Waals surface area contributed by atoms with Gasteiger partial charge in [0.05, 0.1) is 28.2 Å². The van der Waals surface area contributed by atoms with Crippen LogP contribution in [-0.2, 0) is 10.0 Å². The highest BCUT2D eigenvalue weighted by atomic mass is 35.5. The maximum atomic E-state index is 12.5. The summed E-state index contributed by atoms with van der Waals surface area (Å²) in [6.45, 7) is -0.805. The number of aromatic amines is 1. The van der Waals surface area contributed by atoms with Gasteiger partial charge in [0, 0.05) is 5.02 Å². The van der Waals surface area contributed by atoms with Gasteiger partial charge in [0.15, 0.2) is 5.69 Å². The van der Waals surface area contributed by atoms with Crippen molar-refractivity contribution in [2.24, 2.45) is 10.2 Å². The second-order valence-electron chi connectivity index (χ2n) is 6.45. The Labute approximate surface area is 180 Å². The molecular formula is C18H18ClN5O6S. The standard InChI is InChI=1S/C18H18ClN5O6S/c19-9-1-6-12-13(7-9)21-16(18(28)22-12)15(17(27)14(26)8-25)24-23-10-2-4-11(5-3-10)31(20,29)30/h1-7,14,17,23,25-27H,8H2,(H,22,28)(H2,20,29,30). The van der Waals surface area contributed by atoms with E-state index in [0.29, 0.717) is 16.1 Å². The zero-order valence-corrected chi connectivity index (χ0v) is 17.3. The van der Waals surface area contributed by atoms with E-state index in [2.05, 4.69) is 20.5 Å². The highest BCUT2D eigenvalue weighted by Crippen LogP contribution is 2.17. The van der Waals surface area contributed by atoms with Crippen LogP contribution in [0, 0.1) is 0 Å². The fraction of sp³-hybridized carbons (Fsp3) is 0.167. The summed E-state index contributed by atoms with van der Waals surface area (Å²) >= 11 is 5.96. The molecule has 3 rings (SSSR count). The lowest BCUT2D eigenvalue weighted by atomic mass is 10.1. The van der Waals surface area contributed by atoms with Gasteiger partial charge in [0.1, 0.15) is 17.9 Å². The van der Waals surface area contributed by atoms with Gasteiger partial charge >= 0.3 is 0 Å². The molecule has 0 aliphatic rings. The van der Waals surface area contributed by atoms with E-state index in [1.807, 2.05) is 0 Å². The van der Waals surface area contributed by atoms with Crippen LogP contribution in [0.2, 0.25) is 5.02 Å². The molecule has 3 aromatic rings. The quantitative estimate of drug-likeness (QED) is 0.202. The Morgan fingerprint density at radius 1 is 1.23 bits per heavy atom. The van der Waals surface area contributed by atoms with E-state index in [9.17, 15) is 28.5 Å². The Kier molecular flexibility index (Phi) is 6.69. The van der Waals surface area contributed by atoms with Gasteiger partial charge in [-0.3, -0.25) is 10.2 Å². The first-order valence-electron chi connectivity index (χ1n) is 8.73. The molecule has 0 aliphatic heterocycles. The molecular weight excluding hydrogens is 450 g/mol. The first-order chi connectivity index (χ1) is 14.6. The Morgan fingerprint density at radius 3 is 2.52 bits per heavy atom. The molecule has 0 radical (unpaired) electrons. The fourth-order valence-electron chi connectivity index (χ4n) is 2.61. The first-order valence-corrected chi connectivity index (χ1v) is 10.7. The lowest BCUT2D eigenvalue weighted by Gasteiger charge is -2.17. The van der Waals surface area contributed by atoms with E-state index in [4.69, 9.17) is 16.7 Å². The summed E-state index contributed by atoms with van der Waals surface area (Å²) in [6, 6.07) is 9.78. The molecule has 0 fully saturated rings. The number of benzene rings is 2. The minimum absolute atomic E-state index is 0.123. The molecule has 0 aliphatic carbocycles. The van der Waals surface area contributed by atoms with E-state index in [0.717, 1.165) is 0 Å². The van der Waals surface area contributed by atoms with Crippen molar-refractivity contribution in [3.05, 3.63) is 63.5 Å². The summed E-state index contributed by atoms with van der Waals surface area (Å²) in [5.74, 6) is 0. The molecule has 2 unspecified atom stereocenters. The summed E-state index contributed by atoms with van der Waals surface area (Å²) in [4.78, 5) is 19.2. The molecule has 0 spiro atoms. The number of anilines is 1. The lowest BCUT2D eigenvalue weighted by molar-refractivity contribution is 0.0185. The van der Waals surface area contributed by atoms with Crippen LogP contribution in [0.1, 0.15) is 5.69 Å². The molecule has 1 heterocycles. The Bertz CT molecular complexity index is 1290. The minimum atomic E-state index is -3.88. The number of aliphatic hydroxyl groups excluding tert-OH is 3. The number of hydrogen-bond donors (Lipinski definition) is 6. The molecule has 13 heteroatoms. The molecule has 31 heavy (non-hydrogen) atoms. The van der Waals surface area contributed by atoms with Crippen LogP contribution >= 0.6 is 11.6 Å². The van der Waals surface area contributed by atoms with E-state index in [1.54, 1.807) is 12.1 Å². The van der Waals surface area contributed by atoms with Gasteiger partial charge in [-0.15, -0.1) is 0 Å². The van der Waals surface area contributed by atoms with Crippen molar-refractivity contribution in [1.82, 2.24) is 9.97 Å². The van der Waals surface area contributed by atoms with Crippen molar-refractivity contribution in [2.75, 3.05) is 12.0 Å². The van der Waals surface area contributed by atoms with E-state index < -0.39 is 34.4 Å². The number of sulfonamides is 1. The average Bonchev–Trinajstić information content (AvgIpc) is 2.73. The maximum Gasteiger partial charge on any atom is 0.276 e. The second-order valence-corrected chi connectivity index (χ2v) is 8.45. The lowest BCUT2D eigenvalue weighted by Crippen LogP contribution is -2.40. The molecule has 0 amide bonds. The van der Waals surface area contributed by atoms with E-state index >= 15 is 0 Å². The Hall–Kier alpha value is -2.87.